The zero-order valence-corrected chi connectivity index (χ0v) is 11.2. The Balaban J connectivity index is 1.49. The van der Waals surface area contributed by atoms with Crippen LogP contribution in [0.4, 0.5) is 4.39 Å². The molecule has 2 aliphatic heterocycles. The van der Waals surface area contributed by atoms with Crippen LogP contribution in [0.2, 0.25) is 0 Å². The van der Waals surface area contributed by atoms with Gasteiger partial charge in [0.1, 0.15) is 5.82 Å². The molecule has 1 atom stereocenters. The van der Waals surface area contributed by atoms with Crippen molar-refractivity contribution in [3.8, 4) is 0 Å². The molecule has 4 rings (SSSR count). The fraction of sp³-hybridized carbons (Fsp3) is 0.533. The maximum atomic E-state index is 13.2. The highest BCUT2D eigenvalue weighted by molar-refractivity contribution is 5.79. The minimum atomic E-state index is -0.278. The van der Waals surface area contributed by atoms with Crippen molar-refractivity contribution in [1.82, 2.24) is 10.1 Å². The van der Waals surface area contributed by atoms with E-state index in [2.05, 4.69) is 10.1 Å². The van der Waals surface area contributed by atoms with Crippen LogP contribution >= 0.6 is 0 Å². The molecular formula is C15H17FN2O2. The summed E-state index contributed by atoms with van der Waals surface area (Å²) in [7, 11) is 0. The SMILES string of the molecule is Fc1ccc2c(C3CCN(CC4CO4)CC3)noc2c1. The number of likely N-dealkylation sites (tertiary alicyclic amines) is 1. The third-order valence-electron chi connectivity index (χ3n) is 4.30. The number of rotatable bonds is 3. The van der Waals surface area contributed by atoms with Crippen molar-refractivity contribution < 1.29 is 13.7 Å². The minimum absolute atomic E-state index is 0.278. The molecule has 0 bridgehead atoms. The largest absolute Gasteiger partial charge is 0.372 e. The summed E-state index contributed by atoms with van der Waals surface area (Å²) < 4.78 is 23.7. The Morgan fingerprint density at radius 3 is 2.85 bits per heavy atom. The molecule has 1 aromatic heterocycles. The number of halogens is 1. The number of benzene rings is 1. The van der Waals surface area contributed by atoms with Crippen molar-refractivity contribution in [2.75, 3.05) is 26.2 Å². The summed E-state index contributed by atoms with van der Waals surface area (Å²) in [5, 5.41) is 5.13. The molecule has 0 radical (unpaired) electrons. The zero-order chi connectivity index (χ0) is 13.5. The lowest BCUT2D eigenvalue weighted by atomic mass is 9.91. The second-order valence-electron chi connectivity index (χ2n) is 5.74. The van der Waals surface area contributed by atoms with E-state index in [0.717, 1.165) is 50.2 Å². The Hall–Kier alpha value is -1.46. The second-order valence-corrected chi connectivity index (χ2v) is 5.74. The van der Waals surface area contributed by atoms with Crippen LogP contribution in [0.1, 0.15) is 24.5 Å². The van der Waals surface area contributed by atoms with Crippen molar-refractivity contribution in [1.29, 1.82) is 0 Å². The van der Waals surface area contributed by atoms with Crippen molar-refractivity contribution in [2.45, 2.75) is 24.9 Å². The molecule has 0 spiro atoms. The van der Waals surface area contributed by atoms with E-state index in [9.17, 15) is 4.39 Å². The summed E-state index contributed by atoms with van der Waals surface area (Å²) in [6.07, 6.45) is 2.61. The molecule has 0 amide bonds. The maximum absolute atomic E-state index is 13.2. The highest BCUT2D eigenvalue weighted by atomic mass is 19.1. The lowest BCUT2D eigenvalue weighted by Gasteiger charge is -2.30. The van der Waals surface area contributed by atoms with Crippen LogP contribution in [0.3, 0.4) is 0 Å². The van der Waals surface area contributed by atoms with E-state index in [0.29, 0.717) is 17.6 Å². The standard InChI is InChI=1S/C15H17FN2O2/c16-11-1-2-13-14(7-11)20-17-15(13)10-3-5-18(6-4-10)8-12-9-19-12/h1-2,7,10,12H,3-6,8-9H2. The van der Waals surface area contributed by atoms with E-state index >= 15 is 0 Å². The molecule has 1 aromatic carbocycles. The molecule has 2 fully saturated rings. The number of aromatic nitrogens is 1. The van der Waals surface area contributed by atoms with E-state index < -0.39 is 0 Å². The highest BCUT2D eigenvalue weighted by Gasteiger charge is 2.29. The average molecular weight is 276 g/mol. The molecule has 4 nitrogen and oxygen atoms in total. The van der Waals surface area contributed by atoms with E-state index in [1.807, 2.05) is 0 Å². The summed E-state index contributed by atoms with van der Waals surface area (Å²) >= 11 is 0. The van der Waals surface area contributed by atoms with Crippen LogP contribution in [0.15, 0.2) is 22.7 Å². The molecule has 1 unspecified atom stereocenters. The van der Waals surface area contributed by atoms with Crippen molar-refractivity contribution >= 4 is 11.0 Å². The lowest BCUT2D eigenvalue weighted by Crippen LogP contribution is -2.35. The van der Waals surface area contributed by atoms with Gasteiger partial charge in [0.05, 0.1) is 18.4 Å². The predicted molar refractivity (Wildman–Crippen MR) is 72.1 cm³/mol. The van der Waals surface area contributed by atoms with Gasteiger partial charge in [-0.25, -0.2) is 4.39 Å². The normalized spacial score (nSPS) is 24.4. The Morgan fingerprint density at radius 1 is 1.30 bits per heavy atom. The summed E-state index contributed by atoms with van der Waals surface area (Å²) in [5.74, 6) is 0.137. The van der Waals surface area contributed by atoms with Crippen molar-refractivity contribution in [2.24, 2.45) is 0 Å². The van der Waals surface area contributed by atoms with E-state index in [1.54, 1.807) is 6.07 Å². The molecule has 0 saturated carbocycles. The Kier molecular flexibility index (Phi) is 2.97. The number of epoxide rings is 1. The first kappa shape index (κ1) is 12.3. The molecule has 20 heavy (non-hydrogen) atoms. The Bertz CT molecular complexity index is 615. The van der Waals surface area contributed by atoms with Gasteiger partial charge in [0.2, 0.25) is 0 Å². The number of ether oxygens (including phenoxy) is 1. The average Bonchev–Trinajstić information content (AvgIpc) is 3.17. The highest BCUT2D eigenvalue weighted by Crippen LogP contribution is 2.33. The van der Waals surface area contributed by atoms with Crippen molar-refractivity contribution in [3.63, 3.8) is 0 Å². The van der Waals surface area contributed by atoms with Crippen LogP contribution in [-0.2, 0) is 4.74 Å². The van der Waals surface area contributed by atoms with Gasteiger partial charge >= 0.3 is 0 Å². The molecule has 0 N–H and O–H groups in total. The lowest BCUT2D eigenvalue weighted by molar-refractivity contribution is 0.191. The molecule has 2 aliphatic rings. The first-order valence-corrected chi connectivity index (χ1v) is 7.18. The molecule has 0 aliphatic carbocycles. The third-order valence-corrected chi connectivity index (χ3v) is 4.30. The van der Waals surface area contributed by atoms with Crippen LogP contribution in [0.25, 0.3) is 11.0 Å². The number of piperidine rings is 1. The van der Waals surface area contributed by atoms with Gasteiger partial charge in [-0.1, -0.05) is 5.16 Å². The van der Waals surface area contributed by atoms with Gasteiger partial charge in [-0.2, -0.15) is 0 Å². The molecule has 3 heterocycles. The summed E-state index contributed by atoms with van der Waals surface area (Å²) in [5.41, 5.74) is 1.54. The number of nitrogens with zero attached hydrogens (tertiary/aromatic N) is 2. The Labute approximate surface area is 116 Å². The van der Waals surface area contributed by atoms with E-state index in [4.69, 9.17) is 9.26 Å². The Morgan fingerprint density at radius 2 is 2.10 bits per heavy atom. The fourth-order valence-corrected chi connectivity index (χ4v) is 3.08. The summed E-state index contributed by atoms with van der Waals surface area (Å²) in [6, 6.07) is 4.66. The van der Waals surface area contributed by atoms with Gasteiger partial charge in [0.25, 0.3) is 0 Å². The predicted octanol–water partition coefficient (Wildman–Crippen LogP) is 2.55. The third kappa shape index (κ3) is 2.31. The first-order valence-electron chi connectivity index (χ1n) is 7.18. The summed E-state index contributed by atoms with van der Waals surface area (Å²) in [4.78, 5) is 2.45. The maximum Gasteiger partial charge on any atom is 0.170 e. The van der Waals surface area contributed by atoms with E-state index in [-0.39, 0.29) is 5.82 Å². The minimum Gasteiger partial charge on any atom is -0.372 e. The molecule has 106 valence electrons. The molecule has 2 saturated heterocycles. The van der Waals surface area contributed by atoms with Gasteiger partial charge in [-0.15, -0.1) is 0 Å². The van der Waals surface area contributed by atoms with Crippen molar-refractivity contribution in [3.05, 3.63) is 29.7 Å². The molecule has 2 aromatic rings. The van der Waals surface area contributed by atoms with Crippen LogP contribution in [0, 0.1) is 5.82 Å². The molecular weight excluding hydrogens is 259 g/mol. The smallest absolute Gasteiger partial charge is 0.170 e. The second kappa shape index (κ2) is 4.82. The number of fused-ring (bicyclic) bond motifs is 1. The topological polar surface area (TPSA) is 41.8 Å². The van der Waals surface area contributed by atoms with Crippen LogP contribution in [0.5, 0.6) is 0 Å². The van der Waals surface area contributed by atoms with Gasteiger partial charge in [-0.3, -0.25) is 0 Å². The fourth-order valence-electron chi connectivity index (χ4n) is 3.08. The number of hydrogen-bond acceptors (Lipinski definition) is 4. The van der Waals surface area contributed by atoms with Crippen LogP contribution in [-0.4, -0.2) is 42.4 Å². The van der Waals surface area contributed by atoms with Gasteiger partial charge in [-0.05, 0) is 38.1 Å². The molecule has 5 heteroatoms. The van der Waals surface area contributed by atoms with E-state index in [1.165, 1.54) is 12.1 Å². The van der Waals surface area contributed by atoms with Gasteiger partial charge in [0, 0.05) is 23.9 Å². The number of hydrogen-bond donors (Lipinski definition) is 0. The quantitative estimate of drug-likeness (QED) is 0.808. The first-order chi connectivity index (χ1) is 9.79. The summed E-state index contributed by atoms with van der Waals surface area (Å²) in [6.45, 7) is 4.11. The zero-order valence-electron chi connectivity index (χ0n) is 11.2. The monoisotopic (exact) mass is 276 g/mol. The van der Waals surface area contributed by atoms with Gasteiger partial charge in [0.15, 0.2) is 5.58 Å². The van der Waals surface area contributed by atoms with Gasteiger partial charge < -0.3 is 14.2 Å². The van der Waals surface area contributed by atoms with Crippen LogP contribution < -0.4 is 0 Å².